The second-order valence-corrected chi connectivity index (χ2v) is 8.55. The van der Waals surface area contributed by atoms with Crippen LogP contribution in [0.15, 0.2) is 76.0 Å². The van der Waals surface area contributed by atoms with Gasteiger partial charge in [0.15, 0.2) is 10.9 Å². The average Bonchev–Trinajstić information content (AvgIpc) is 3.27. The van der Waals surface area contributed by atoms with Gasteiger partial charge in [-0.25, -0.2) is 4.98 Å². The highest BCUT2D eigenvalue weighted by Gasteiger charge is 2.14. The molecule has 0 aliphatic carbocycles. The number of benzene rings is 2. The second kappa shape index (κ2) is 9.28. The molecule has 2 aromatic carbocycles. The van der Waals surface area contributed by atoms with Crippen molar-refractivity contribution in [3.05, 3.63) is 87.5 Å². The average molecular weight is 450 g/mol. The topological polar surface area (TPSA) is 81.1 Å². The van der Waals surface area contributed by atoms with Crippen molar-refractivity contribution in [2.75, 3.05) is 11.1 Å². The van der Waals surface area contributed by atoms with Crippen molar-refractivity contribution >= 4 is 50.7 Å². The summed E-state index contributed by atoms with van der Waals surface area (Å²) >= 11 is 2.63. The van der Waals surface area contributed by atoms with Gasteiger partial charge in [0.25, 0.3) is 11.5 Å². The molecule has 31 heavy (non-hydrogen) atoms. The molecule has 0 saturated carbocycles. The van der Waals surface area contributed by atoms with Crippen LogP contribution >= 0.6 is 23.1 Å². The lowest BCUT2D eigenvalue weighted by Gasteiger charge is -2.10. The summed E-state index contributed by atoms with van der Waals surface area (Å²) < 4.78 is 2.23. The number of Topliss-reactive ketones (excluding diaryl/α,β-unsaturated/α-hetero) is 1. The Morgan fingerprint density at radius 3 is 2.48 bits per heavy atom. The molecule has 2 heterocycles. The minimum absolute atomic E-state index is 0.0732. The van der Waals surface area contributed by atoms with E-state index in [9.17, 15) is 14.4 Å². The summed E-state index contributed by atoms with van der Waals surface area (Å²) in [5.41, 5.74) is 2.30. The third-order valence-electron chi connectivity index (χ3n) is 4.68. The maximum Gasteiger partial charge on any atom is 0.272 e. The Hall–Kier alpha value is -3.23. The molecule has 4 aromatic rings. The van der Waals surface area contributed by atoms with Crippen molar-refractivity contribution in [1.29, 1.82) is 0 Å². The van der Waals surface area contributed by atoms with Gasteiger partial charge in [0.1, 0.15) is 4.70 Å². The number of nitrogens with one attached hydrogen (secondary N) is 1. The number of fused-ring (bicyclic) bond motifs is 1. The number of rotatable bonds is 7. The molecule has 0 aliphatic heterocycles. The highest BCUT2D eigenvalue weighted by Crippen LogP contribution is 2.22. The van der Waals surface area contributed by atoms with Crippen molar-refractivity contribution in [1.82, 2.24) is 9.55 Å². The van der Waals surface area contributed by atoms with Crippen LogP contribution in [0.5, 0.6) is 0 Å². The van der Waals surface area contributed by atoms with Gasteiger partial charge in [0.05, 0.1) is 11.3 Å². The first-order valence-corrected chi connectivity index (χ1v) is 11.5. The second-order valence-electron chi connectivity index (χ2n) is 6.69. The smallest absolute Gasteiger partial charge is 0.272 e. The molecule has 4 rings (SSSR count). The maximum atomic E-state index is 12.6. The Labute approximate surface area is 186 Å². The molecule has 0 spiro atoms. The minimum Gasteiger partial charge on any atom is -0.322 e. The van der Waals surface area contributed by atoms with Gasteiger partial charge in [0, 0.05) is 23.4 Å². The zero-order valence-electron chi connectivity index (χ0n) is 16.7. The summed E-state index contributed by atoms with van der Waals surface area (Å²) in [5, 5.41) is 5.20. The predicted octanol–water partition coefficient (Wildman–Crippen LogP) is 4.71. The van der Waals surface area contributed by atoms with E-state index >= 15 is 0 Å². The molecule has 8 heteroatoms. The quantitative estimate of drug-likeness (QED) is 0.251. The molecule has 0 aliphatic rings. The summed E-state index contributed by atoms with van der Waals surface area (Å²) in [6.45, 7) is 2.38. The van der Waals surface area contributed by atoms with Gasteiger partial charge < -0.3 is 5.32 Å². The zero-order chi connectivity index (χ0) is 21.8. The van der Waals surface area contributed by atoms with E-state index < -0.39 is 0 Å². The number of hydrogen-bond donors (Lipinski definition) is 1. The first-order valence-electron chi connectivity index (χ1n) is 9.67. The van der Waals surface area contributed by atoms with E-state index in [2.05, 4.69) is 10.3 Å². The molecule has 0 fully saturated rings. The molecular formula is C23H19N3O3S2. The molecule has 6 nitrogen and oxygen atoms in total. The van der Waals surface area contributed by atoms with Crippen molar-refractivity contribution < 1.29 is 9.59 Å². The first kappa shape index (κ1) is 21.0. The number of anilines is 1. The fraction of sp³-hybridized carbons (Fsp3) is 0.130. The fourth-order valence-electron chi connectivity index (χ4n) is 3.06. The molecule has 2 aromatic heterocycles. The van der Waals surface area contributed by atoms with Crippen LogP contribution in [0.1, 0.15) is 27.6 Å². The molecule has 1 amide bonds. The Bertz CT molecular complexity index is 1300. The van der Waals surface area contributed by atoms with E-state index in [1.165, 1.54) is 23.1 Å². The van der Waals surface area contributed by atoms with Crippen LogP contribution in [0, 0.1) is 0 Å². The van der Waals surface area contributed by atoms with Crippen LogP contribution in [0.4, 0.5) is 5.69 Å². The van der Waals surface area contributed by atoms with Crippen LogP contribution in [-0.4, -0.2) is 27.0 Å². The summed E-state index contributed by atoms with van der Waals surface area (Å²) in [7, 11) is 0. The van der Waals surface area contributed by atoms with Gasteiger partial charge in [-0.2, -0.15) is 0 Å². The van der Waals surface area contributed by atoms with E-state index in [1.54, 1.807) is 53.1 Å². The molecule has 156 valence electrons. The normalized spacial score (nSPS) is 10.9. The Morgan fingerprint density at radius 1 is 1.03 bits per heavy atom. The number of nitrogens with zero attached hydrogens (tertiary/aromatic N) is 2. The van der Waals surface area contributed by atoms with Gasteiger partial charge >= 0.3 is 0 Å². The van der Waals surface area contributed by atoms with Gasteiger partial charge in [-0.3, -0.25) is 19.0 Å². The van der Waals surface area contributed by atoms with Crippen molar-refractivity contribution in [3.63, 3.8) is 0 Å². The largest absolute Gasteiger partial charge is 0.322 e. The van der Waals surface area contributed by atoms with Gasteiger partial charge in [-0.15, -0.1) is 11.3 Å². The van der Waals surface area contributed by atoms with E-state index in [1.807, 2.05) is 24.4 Å². The molecule has 0 atom stereocenters. The fourth-order valence-corrected chi connectivity index (χ4v) is 4.79. The number of aromatic nitrogens is 2. The highest BCUT2D eigenvalue weighted by atomic mass is 32.2. The molecule has 0 bridgehead atoms. The van der Waals surface area contributed by atoms with Crippen LogP contribution in [0.2, 0.25) is 0 Å². The Kier molecular flexibility index (Phi) is 6.29. The summed E-state index contributed by atoms with van der Waals surface area (Å²) in [5.74, 6) is -0.117. The standard InChI is InChI=1S/C23H19N3O3S2/c1-2-26-22(29)20-18(12-13-30-20)25-23(26)31-14-19(27)15-8-10-17(11-9-15)24-21(28)16-6-4-3-5-7-16/h3-13H,2,14H2,1H3,(H,24,28). The SMILES string of the molecule is CCn1c(SCC(=O)c2ccc(NC(=O)c3ccccc3)cc2)nc2ccsc2c1=O. The minimum atomic E-state index is -0.206. The lowest BCUT2D eigenvalue weighted by atomic mass is 10.1. The Balaban J connectivity index is 1.43. The molecule has 0 unspecified atom stereocenters. The zero-order valence-corrected chi connectivity index (χ0v) is 18.3. The highest BCUT2D eigenvalue weighted by molar-refractivity contribution is 7.99. The van der Waals surface area contributed by atoms with Crippen LogP contribution in [-0.2, 0) is 6.54 Å². The van der Waals surface area contributed by atoms with Gasteiger partial charge in [-0.1, -0.05) is 30.0 Å². The number of carbonyl (C=O) groups is 2. The van der Waals surface area contributed by atoms with Crippen molar-refractivity contribution in [3.8, 4) is 0 Å². The van der Waals surface area contributed by atoms with Gasteiger partial charge in [-0.05, 0) is 54.8 Å². The van der Waals surface area contributed by atoms with Crippen LogP contribution < -0.4 is 10.9 Å². The number of carbonyl (C=O) groups excluding carboxylic acids is 2. The predicted molar refractivity (Wildman–Crippen MR) is 125 cm³/mol. The number of ketones is 1. The molecule has 1 N–H and O–H groups in total. The van der Waals surface area contributed by atoms with Crippen LogP contribution in [0.3, 0.4) is 0 Å². The lowest BCUT2D eigenvalue weighted by Crippen LogP contribution is -2.22. The van der Waals surface area contributed by atoms with Crippen LogP contribution in [0.25, 0.3) is 10.2 Å². The monoisotopic (exact) mass is 449 g/mol. The Morgan fingerprint density at radius 2 is 1.77 bits per heavy atom. The van der Waals surface area contributed by atoms with Crippen molar-refractivity contribution in [2.45, 2.75) is 18.6 Å². The molecular weight excluding hydrogens is 430 g/mol. The van der Waals surface area contributed by atoms with E-state index in [0.717, 1.165) is 0 Å². The summed E-state index contributed by atoms with van der Waals surface area (Å²) in [6.07, 6.45) is 0. The number of thioether (sulfide) groups is 1. The number of thiophene rings is 1. The molecule has 0 saturated heterocycles. The summed E-state index contributed by atoms with van der Waals surface area (Å²) in [6, 6.07) is 17.5. The third-order valence-corrected chi connectivity index (χ3v) is 6.55. The van der Waals surface area contributed by atoms with Gasteiger partial charge in [0.2, 0.25) is 0 Å². The number of hydrogen-bond acceptors (Lipinski definition) is 6. The first-order chi connectivity index (χ1) is 15.1. The number of amides is 1. The lowest BCUT2D eigenvalue weighted by molar-refractivity contribution is 0.101. The van der Waals surface area contributed by atoms with E-state index in [0.29, 0.717) is 38.7 Å². The maximum absolute atomic E-state index is 12.6. The third kappa shape index (κ3) is 4.60. The van der Waals surface area contributed by atoms with Crippen molar-refractivity contribution in [2.24, 2.45) is 0 Å². The van der Waals surface area contributed by atoms with E-state index in [-0.39, 0.29) is 23.0 Å². The molecule has 0 radical (unpaired) electrons. The van der Waals surface area contributed by atoms with E-state index in [4.69, 9.17) is 0 Å². The summed E-state index contributed by atoms with van der Waals surface area (Å²) in [4.78, 5) is 42.0.